The molecule has 0 aliphatic carbocycles. The number of halogens is 1. The van der Waals surface area contributed by atoms with Gasteiger partial charge in [0.2, 0.25) is 0 Å². The summed E-state index contributed by atoms with van der Waals surface area (Å²) < 4.78 is 0. The van der Waals surface area contributed by atoms with Crippen LogP contribution in [0, 0.1) is 0 Å². The fraction of sp³-hybridized carbons (Fsp3) is 0.600. The van der Waals surface area contributed by atoms with E-state index in [1.54, 1.807) is 0 Å². The van der Waals surface area contributed by atoms with Gasteiger partial charge < -0.3 is 5.32 Å². The van der Waals surface area contributed by atoms with Gasteiger partial charge in [-0.15, -0.1) is 0 Å². The Kier molecular flexibility index (Phi) is 4.31. The molecule has 2 rings (SSSR count). The van der Waals surface area contributed by atoms with Gasteiger partial charge in [0.05, 0.1) is 0 Å². The van der Waals surface area contributed by atoms with Crippen LogP contribution in [-0.2, 0) is 6.54 Å². The van der Waals surface area contributed by atoms with Crippen molar-refractivity contribution in [2.24, 2.45) is 0 Å². The molecular formula is C15H23ClN2. The summed E-state index contributed by atoms with van der Waals surface area (Å²) in [5, 5.41) is 4.49. The zero-order chi connectivity index (χ0) is 13.2. The number of nitrogens with zero attached hydrogens (tertiary/aromatic N) is 1. The van der Waals surface area contributed by atoms with E-state index in [9.17, 15) is 0 Å². The molecule has 100 valence electrons. The van der Waals surface area contributed by atoms with Gasteiger partial charge >= 0.3 is 0 Å². The lowest BCUT2D eigenvalue weighted by Crippen LogP contribution is -2.61. The second-order valence-electron chi connectivity index (χ2n) is 5.77. The first-order chi connectivity index (χ1) is 8.53. The predicted octanol–water partition coefficient (Wildman–Crippen LogP) is 3.30. The van der Waals surface area contributed by atoms with E-state index in [1.807, 2.05) is 12.1 Å². The van der Waals surface area contributed by atoms with E-state index in [2.05, 4.69) is 43.1 Å². The lowest BCUT2D eigenvalue weighted by atomic mass is 9.95. The summed E-state index contributed by atoms with van der Waals surface area (Å²) in [6.07, 6.45) is 1.18. The van der Waals surface area contributed by atoms with Crippen LogP contribution in [0.2, 0.25) is 5.02 Å². The van der Waals surface area contributed by atoms with Crippen molar-refractivity contribution in [1.82, 2.24) is 10.2 Å². The summed E-state index contributed by atoms with van der Waals surface area (Å²) in [6.45, 7) is 9.89. The average Bonchev–Trinajstić information content (AvgIpc) is 2.34. The molecule has 1 atom stereocenters. The third kappa shape index (κ3) is 3.05. The molecule has 1 N–H and O–H groups in total. The minimum atomic E-state index is 0.185. The van der Waals surface area contributed by atoms with Crippen molar-refractivity contribution in [2.45, 2.75) is 45.3 Å². The van der Waals surface area contributed by atoms with Gasteiger partial charge in [0, 0.05) is 36.2 Å². The smallest absolute Gasteiger partial charge is 0.0451 e. The molecule has 1 fully saturated rings. The number of benzene rings is 1. The van der Waals surface area contributed by atoms with Crippen molar-refractivity contribution in [3.8, 4) is 0 Å². The zero-order valence-corrected chi connectivity index (χ0v) is 12.3. The van der Waals surface area contributed by atoms with E-state index in [0.29, 0.717) is 6.04 Å². The van der Waals surface area contributed by atoms with Crippen LogP contribution in [0.1, 0.15) is 32.8 Å². The van der Waals surface area contributed by atoms with E-state index < -0.39 is 0 Å². The summed E-state index contributed by atoms with van der Waals surface area (Å²) >= 11 is 6.26. The third-order valence-electron chi connectivity index (χ3n) is 3.93. The maximum atomic E-state index is 6.26. The Morgan fingerprint density at radius 1 is 1.39 bits per heavy atom. The van der Waals surface area contributed by atoms with Gasteiger partial charge in [0.25, 0.3) is 0 Å². The largest absolute Gasteiger partial charge is 0.311 e. The van der Waals surface area contributed by atoms with Crippen LogP contribution in [0.3, 0.4) is 0 Å². The van der Waals surface area contributed by atoms with E-state index in [0.717, 1.165) is 24.7 Å². The summed E-state index contributed by atoms with van der Waals surface area (Å²) in [4.78, 5) is 2.54. The van der Waals surface area contributed by atoms with E-state index >= 15 is 0 Å². The molecule has 1 aromatic carbocycles. The van der Waals surface area contributed by atoms with E-state index in [4.69, 9.17) is 11.6 Å². The van der Waals surface area contributed by atoms with E-state index in [-0.39, 0.29) is 5.54 Å². The number of nitrogens with one attached hydrogen (secondary N) is 1. The average molecular weight is 267 g/mol. The van der Waals surface area contributed by atoms with Gasteiger partial charge in [-0.2, -0.15) is 0 Å². The lowest BCUT2D eigenvalue weighted by molar-refractivity contribution is 0.0577. The zero-order valence-electron chi connectivity index (χ0n) is 11.5. The first-order valence-corrected chi connectivity index (χ1v) is 7.12. The Bertz CT molecular complexity index is 403. The summed E-state index contributed by atoms with van der Waals surface area (Å²) in [7, 11) is 0. The van der Waals surface area contributed by atoms with Crippen molar-refractivity contribution in [1.29, 1.82) is 0 Å². The fourth-order valence-electron chi connectivity index (χ4n) is 2.47. The highest BCUT2D eigenvalue weighted by molar-refractivity contribution is 6.31. The second kappa shape index (κ2) is 5.60. The molecule has 1 heterocycles. The molecule has 3 heteroatoms. The molecule has 0 aromatic heterocycles. The van der Waals surface area contributed by atoms with Gasteiger partial charge in [0.15, 0.2) is 0 Å². The number of hydrogen-bond donors (Lipinski definition) is 1. The highest BCUT2D eigenvalue weighted by atomic mass is 35.5. The first kappa shape index (κ1) is 13.9. The minimum absolute atomic E-state index is 0.185. The third-order valence-corrected chi connectivity index (χ3v) is 4.30. The standard InChI is InChI=1S/C15H23ClN2/c1-4-13-10-18(15(2,3)11-17-13)9-12-7-5-6-8-14(12)16/h5-8,13,17H,4,9-11H2,1-3H3. The Morgan fingerprint density at radius 2 is 2.11 bits per heavy atom. The molecule has 0 saturated carbocycles. The summed E-state index contributed by atoms with van der Waals surface area (Å²) in [5.74, 6) is 0. The SMILES string of the molecule is CCC1CN(Cc2ccccc2Cl)C(C)(C)CN1. The molecule has 1 aliphatic rings. The molecule has 18 heavy (non-hydrogen) atoms. The molecule has 0 spiro atoms. The fourth-order valence-corrected chi connectivity index (χ4v) is 2.66. The topological polar surface area (TPSA) is 15.3 Å². The van der Waals surface area contributed by atoms with E-state index in [1.165, 1.54) is 12.0 Å². The van der Waals surface area contributed by atoms with Crippen LogP contribution in [-0.4, -0.2) is 29.6 Å². The summed E-state index contributed by atoms with van der Waals surface area (Å²) in [6, 6.07) is 8.75. The lowest BCUT2D eigenvalue weighted by Gasteiger charge is -2.46. The molecule has 1 aromatic rings. The van der Waals surface area contributed by atoms with Crippen LogP contribution in [0.5, 0.6) is 0 Å². The second-order valence-corrected chi connectivity index (χ2v) is 6.18. The van der Waals surface area contributed by atoms with Crippen LogP contribution < -0.4 is 5.32 Å². The highest BCUT2D eigenvalue weighted by Gasteiger charge is 2.33. The Balaban J connectivity index is 2.12. The van der Waals surface area contributed by atoms with Crippen molar-refractivity contribution >= 4 is 11.6 Å². The Labute approximate surface area is 115 Å². The number of rotatable bonds is 3. The molecule has 0 radical (unpaired) electrons. The van der Waals surface area contributed by atoms with Gasteiger partial charge in [-0.05, 0) is 31.9 Å². The Morgan fingerprint density at radius 3 is 2.78 bits per heavy atom. The molecular weight excluding hydrogens is 244 g/mol. The van der Waals surface area contributed by atoms with Gasteiger partial charge in [-0.1, -0.05) is 36.7 Å². The first-order valence-electron chi connectivity index (χ1n) is 6.75. The molecule has 0 amide bonds. The van der Waals surface area contributed by atoms with Crippen LogP contribution in [0.15, 0.2) is 24.3 Å². The minimum Gasteiger partial charge on any atom is -0.311 e. The summed E-state index contributed by atoms with van der Waals surface area (Å²) in [5.41, 5.74) is 1.41. The van der Waals surface area contributed by atoms with Gasteiger partial charge in [0.1, 0.15) is 0 Å². The maximum absolute atomic E-state index is 6.26. The van der Waals surface area contributed by atoms with Crippen molar-refractivity contribution in [3.05, 3.63) is 34.9 Å². The highest BCUT2D eigenvalue weighted by Crippen LogP contribution is 2.25. The van der Waals surface area contributed by atoms with Gasteiger partial charge in [-0.25, -0.2) is 0 Å². The number of hydrogen-bond acceptors (Lipinski definition) is 2. The van der Waals surface area contributed by atoms with Crippen molar-refractivity contribution in [3.63, 3.8) is 0 Å². The maximum Gasteiger partial charge on any atom is 0.0451 e. The quantitative estimate of drug-likeness (QED) is 0.903. The Hall–Kier alpha value is -0.570. The predicted molar refractivity (Wildman–Crippen MR) is 78.0 cm³/mol. The van der Waals surface area contributed by atoms with Crippen molar-refractivity contribution < 1.29 is 0 Å². The van der Waals surface area contributed by atoms with Crippen molar-refractivity contribution in [2.75, 3.05) is 13.1 Å². The van der Waals surface area contributed by atoms with Crippen LogP contribution >= 0.6 is 11.6 Å². The number of piperazine rings is 1. The monoisotopic (exact) mass is 266 g/mol. The normalized spacial score (nSPS) is 24.1. The van der Waals surface area contributed by atoms with Crippen LogP contribution in [0.4, 0.5) is 0 Å². The molecule has 2 nitrogen and oxygen atoms in total. The van der Waals surface area contributed by atoms with Crippen LogP contribution in [0.25, 0.3) is 0 Å². The molecule has 1 unspecified atom stereocenters. The molecule has 1 aliphatic heterocycles. The molecule has 1 saturated heterocycles. The molecule has 0 bridgehead atoms. The van der Waals surface area contributed by atoms with Gasteiger partial charge in [-0.3, -0.25) is 4.90 Å².